The maximum Gasteiger partial charge on any atom is 0.0616 e. The summed E-state index contributed by atoms with van der Waals surface area (Å²) in [7, 11) is 0. The van der Waals surface area contributed by atoms with Crippen molar-refractivity contribution < 1.29 is 5.11 Å². The molecule has 3 rings (SSSR count). The van der Waals surface area contributed by atoms with Gasteiger partial charge in [-0.25, -0.2) is 0 Å². The molecule has 0 saturated heterocycles. The Bertz CT molecular complexity index is 338. The summed E-state index contributed by atoms with van der Waals surface area (Å²) in [6.07, 6.45) is 10.5. The normalized spacial score (nSPS) is 33.3. The van der Waals surface area contributed by atoms with E-state index in [0.717, 1.165) is 12.0 Å². The molecule has 0 amide bonds. The molecule has 3 saturated carbocycles. The maximum atomic E-state index is 10.0. The standard InChI is InChI=1S/C18H34N2O/c1-14(2)12-20(17-7-8-17)11-9-15-4-3-10-18(15,13-21)19-16-5-6-16/h14-17,19,21H,3-13H2,1-2H3. The summed E-state index contributed by atoms with van der Waals surface area (Å²) < 4.78 is 0. The van der Waals surface area contributed by atoms with Crippen LogP contribution in [0.5, 0.6) is 0 Å². The van der Waals surface area contributed by atoms with Gasteiger partial charge in [0.15, 0.2) is 0 Å². The van der Waals surface area contributed by atoms with Gasteiger partial charge in [0.2, 0.25) is 0 Å². The average molecular weight is 294 g/mol. The molecule has 3 fully saturated rings. The second-order valence-electron chi connectivity index (χ2n) is 8.23. The van der Waals surface area contributed by atoms with Crippen molar-refractivity contribution in [1.82, 2.24) is 10.2 Å². The molecule has 122 valence electrons. The molecule has 0 aromatic heterocycles. The van der Waals surface area contributed by atoms with E-state index in [1.807, 2.05) is 0 Å². The Morgan fingerprint density at radius 3 is 2.52 bits per heavy atom. The van der Waals surface area contributed by atoms with Crippen molar-refractivity contribution in [3.8, 4) is 0 Å². The summed E-state index contributed by atoms with van der Waals surface area (Å²) in [5, 5.41) is 13.8. The largest absolute Gasteiger partial charge is 0.394 e. The Morgan fingerprint density at radius 2 is 1.95 bits per heavy atom. The van der Waals surface area contributed by atoms with Crippen LogP contribution >= 0.6 is 0 Å². The SMILES string of the molecule is CC(C)CN(CCC1CCCC1(CO)NC1CC1)C1CC1. The third-order valence-electron chi connectivity index (χ3n) is 5.74. The van der Waals surface area contributed by atoms with Gasteiger partial charge >= 0.3 is 0 Å². The monoisotopic (exact) mass is 294 g/mol. The molecule has 2 unspecified atom stereocenters. The van der Waals surface area contributed by atoms with Gasteiger partial charge in [0.1, 0.15) is 0 Å². The molecule has 0 aromatic rings. The minimum atomic E-state index is 0.0498. The lowest BCUT2D eigenvalue weighted by molar-refractivity contribution is 0.106. The molecule has 3 aliphatic carbocycles. The number of hydrogen-bond acceptors (Lipinski definition) is 3. The Labute approximate surface area is 130 Å². The third-order valence-corrected chi connectivity index (χ3v) is 5.74. The van der Waals surface area contributed by atoms with Crippen LogP contribution in [-0.2, 0) is 0 Å². The lowest BCUT2D eigenvalue weighted by Crippen LogP contribution is -2.53. The molecule has 0 bridgehead atoms. The van der Waals surface area contributed by atoms with Crippen LogP contribution in [0, 0.1) is 11.8 Å². The van der Waals surface area contributed by atoms with Crippen LogP contribution < -0.4 is 5.32 Å². The van der Waals surface area contributed by atoms with E-state index in [9.17, 15) is 5.11 Å². The van der Waals surface area contributed by atoms with E-state index in [0.29, 0.717) is 18.6 Å². The predicted octanol–water partition coefficient (Wildman–Crippen LogP) is 2.78. The number of rotatable bonds is 9. The highest BCUT2D eigenvalue weighted by molar-refractivity contribution is 5.03. The van der Waals surface area contributed by atoms with Crippen LogP contribution in [0.1, 0.15) is 65.2 Å². The minimum absolute atomic E-state index is 0.0498. The smallest absolute Gasteiger partial charge is 0.0616 e. The molecule has 3 aliphatic rings. The van der Waals surface area contributed by atoms with E-state index in [1.54, 1.807) is 0 Å². The van der Waals surface area contributed by atoms with Gasteiger partial charge in [0.05, 0.1) is 6.61 Å². The highest BCUT2D eigenvalue weighted by atomic mass is 16.3. The molecular formula is C18H34N2O. The topological polar surface area (TPSA) is 35.5 Å². The molecule has 0 aromatic carbocycles. The molecule has 3 nitrogen and oxygen atoms in total. The van der Waals surface area contributed by atoms with Gasteiger partial charge in [-0.05, 0) is 63.3 Å². The van der Waals surface area contributed by atoms with Crippen molar-refractivity contribution in [3.63, 3.8) is 0 Å². The highest BCUT2D eigenvalue weighted by Gasteiger charge is 2.45. The Morgan fingerprint density at radius 1 is 1.19 bits per heavy atom. The number of hydrogen-bond donors (Lipinski definition) is 2. The van der Waals surface area contributed by atoms with Crippen LogP contribution in [0.4, 0.5) is 0 Å². The molecule has 0 heterocycles. The van der Waals surface area contributed by atoms with E-state index in [2.05, 4.69) is 24.1 Å². The number of aliphatic hydroxyl groups is 1. The molecule has 2 N–H and O–H groups in total. The molecule has 2 atom stereocenters. The number of nitrogens with zero attached hydrogens (tertiary/aromatic N) is 1. The average Bonchev–Trinajstić information content (AvgIpc) is 3.34. The van der Waals surface area contributed by atoms with E-state index < -0.39 is 0 Å². The molecule has 0 radical (unpaired) electrons. The van der Waals surface area contributed by atoms with Gasteiger partial charge in [-0.2, -0.15) is 0 Å². The van der Waals surface area contributed by atoms with Gasteiger partial charge in [0, 0.05) is 24.2 Å². The quantitative estimate of drug-likeness (QED) is 0.686. The van der Waals surface area contributed by atoms with Crippen LogP contribution in [0.2, 0.25) is 0 Å². The van der Waals surface area contributed by atoms with E-state index in [-0.39, 0.29) is 5.54 Å². The lowest BCUT2D eigenvalue weighted by Gasteiger charge is -2.37. The van der Waals surface area contributed by atoms with Crippen LogP contribution in [-0.4, -0.2) is 47.3 Å². The maximum absolute atomic E-state index is 10.0. The third kappa shape index (κ3) is 4.00. The predicted molar refractivity (Wildman–Crippen MR) is 87.4 cm³/mol. The minimum Gasteiger partial charge on any atom is -0.394 e. The Hall–Kier alpha value is -0.120. The van der Waals surface area contributed by atoms with Crippen molar-refractivity contribution in [2.75, 3.05) is 19.7 Å². The first kappa shape index (κ1) is 15.8. The van der Waals surface area contributed by atoms with E-state index in [1.165, 1.54) is 64.5 Å². The van der Waals surface area contributed by atoms with Crippen LogP contribution in [0.25, 0.3) is 0 Å². The van der Waals surface area contributed by atoms with Gasteiger partial charge in [-0.3, -0.25) is 0 Å². The lowest BCUT2D eigenvalue weighted by atomic mass is 9.85. The first-order valence-electron chi connectivity index (χ1n) is 9.25. The second kappa shape index (κ2) is 6.55. The molecule has 21 heavy (non-hydrogen) atoms. The van der Waals surface area contributed by atoms with Crippen molar-refractivity contribution in [2.24, 2.45) is 11.8 Å². The zero-order valence-corrected chi connectivity index (χ0v) is 14.0. The zero-order valence-electron chi connectivity index (χ0n) is 14.0. The molecule has 0 spiro atoms. The van der Waals surface area contributed by atoms with Gasteiger partial charge in [-0.15, -0.1) is 0 Å². The fraction of sp³-hybridized carbons (Fsp3) is 1.00. The highest BCUT2D eigenvalue weighted by Crippen LogP contribution is 2.41. The summed E-state index contributed by atoms with van der Waals surface area (Å²) in [5.41, 5.74) is 0.0498. The summed E-state index contributed by atoms with van der Waals surface area (Å²) in [5.74, 6) is 1.44. The van der Waals surface area contributed by atoms with Crippen molar-refractivity contribution in [3.05, 3.63) is 0 Å². The Balaban J connectivity index is 1.54. The summed E-state index contributed by atoms with van der Waals surface area (Å²) in [4.78, 5) is 2.72. The van der Waals surface area contributed by atoms with E-state index in [4.69, 9.17) is 0 Å². The van der Waals surface area contributed by atoms with Gasteiger partial charge in [0.25, 0.3) is 0 Å². The zero-order chi connectivity index (χ0) is 14.9. The number of nitrogens with one attached hydrogen (secondary N) is 1. The van der Waals surface area contributed by atoms with Crippen molar-refractivity contribution in [2.45, 2.75) is 82.8 Å². The van der Waals surface area contributed by atoms with E-state index >= 15 is 0 Å². The number of aliphatic hydroxyl groups excluding tert-OH is 1. The van der Waals surface area contributed by atoms with Gasteiger partial charge < -0.3 is 15.3 Å². The fourth-order valence-corrected chi connectivity index (χ4v) is 4.30. The van der Waals surface area contributed by atoms with Gasteiger partial charge in [-0.1, -0.05) is 20.3 Å². The first-order valence-corrected chi connectivity index (χ1v) is 9.25. The summed E-state index contributed by atoms with van der Waals surface area (Å²) in [6, 6.07) is 1.57. The fourth-order valence-electron chi connectivity index (χ4n) is 4.30. The van der Waals surface area contributed by atoms with Crippen LogP contribution in [0.3, 0.4) is 0 Å². The summed E-state index contributed by atoms with van der Waals surface area (Å²) >= 11 is 0. The molecule has 3 heteroatoms. The van der Waals surface area contributed by atoms with Crippen LogP contribution in [0.15, 0.2) is 0 Å². The summed E-state index contributed by atoms with van der Waals surface area (Å²) in [6.45, 7) is 7.48. The molecular weight excluding hydrogens is 260 g/mol. The first-order chi connectivity index (χ1) is 10.1. The Kier molecular flexibility index (Phi) is 4.92. The molecule has 0 aliphatic heterocycles. The van der Waals surface area contributed by atoms with Crippen molar-refractivity contribution in [1.29, 1.82) is 0 Å². The van der Waals surface area contributed by atoms with Crippen molar-refractivity contribution >= 4 is 0 Å². The second-order valence-corrected chi connectivity index (χ2v) is 8.23.